The lowest BCUT2D eigenvalue weighted by Crippen LogP contribution is -2.48. The van der Waals surface area contributed by atoms with Gasteiger partial charge in [0, 0.05) is 38.6 Å². The number of esters is 4. The summed E-state index contributed by atoms with van der Waals surface area (Å²) in [5, 5.41) is 4.85. The lowest BCUT2D eigenvalue weighted by atomic mass is 10.1. The number of anilines is 1. The van der Waals surface area contributed by atoms with E-state index in [4.69, 9.17) is 18.9 Å². The minimum atomic E-state index is -1.39. The first-order chi connectivity index (χ1) is 18.6. The van der Waals surface area contributed by atoms with Gasteiger partial charge in [-0.05, 0) is 12.1 Å². The predicted molar refractivity (Wildman–Crippen MR) is 140 cm³/mol. The predicted octanol–water partition coefficient (Wildman–Crippen LogP) is 3.05. The number of carbonyl (C=O) groups is 4. The number of hydrogen-bond acceptors (Lipinski definition) is 12. The Hall–Kier alpha value is -4.87. The number of nitrogens with zero attached hydrogens (tertiary/aromatic N) is 3. The zero-order chi connectivity index (χ0) is 28.4. The summed E-state index contributed by atoms with van der Waals surface area (Å²) >= 11 is 0. The van der Waals surface area contributed by atoms with E-state index in [2.05, 4.69) is 20.5 Å². The summed E-state index contributed by atoms with van der Waals surface area (Å²) in [5.74, 6) is -2.06. The topological polar surface area (TPSA) is 155 Å². The van der Waals surface area contributed by atoms with Crippen LogP contribution >= 0.6 is 0 Å². The molecule has 0 radical (unpaired) electrons. The Morgan fingerprint density at radius 1 is 0.821 bits per heavy atom. The fourth-order valence-corrected chi connectivity index (χ4v) is 3.58. The number of hydrogen-bond donors (Lipinski definition) is 1. The minimum absolute atomic E-state index is 0.359. The van der Waals surface area contributed by atoms with Crippen molar-refractivity contribution in [3.63, 3.8) is 0 Å². The van der Waals surface area contributed by atoms with Crippen LogP contribution < -0.4 is 5.43 Å². The summed E-state index contributed by atoms with van der Waals surface area (Å²) in [5.41, 5.74) is 4.28. The van der Waals surface area contributed by atoms with Crippen LogP contribution in [0.5, 0.6) is 0 Å². The molecule has 204 valence electrons. The Labute approximate surface area is 224 Å². The van der Waals surface area contributed by atoms with E-state index in [9.17, 15) is 19.2 Å². The van der Waals surface area contributed by atoms with Gasteiger partial charge in [0.15, 0.2) is 30.0 Å². The van der Waals surface area contributed by atoms with Crippen LogP contribution in [-0.4, -0.2) is 65.0 Å². The number of aromatic nitrogens is 2. The second kappa shape index (κ2) is 13.6. The minimum Gasteiger partial charge on any atom is -0.462 e. The third kappa shape index (κ3) is 8.59. The highest BCUT2D eigenvalue weighted by molar-refractivity contribution is 5.90. The molecule has 12 heteroatoms. The summed E-state index contributed by atoms with van der Waals surface area (Å²) in [7, 11) is 0. The van der Waals surface area contributed by atoms with E-state index in [1.54, 1.807) is 0 Å². The van der Waals surface area contributed by atoms with E-state index in [-0.39, 0.29) is 0 Å². The number of fused-ring (bicyclic) bond motifs is 1. The molecule has 3 aromatic rings. The van der Waals surface area contributed by atoms with Gasteiger partial charge in [-0.1, -0.05) is 42.5 Å². The second-order valence-corrected chi connectivity index (χ2v) is 8.27. The van der Waals surface area contributed by atoms with Crippen LogP contribution in [0.2, 0.25) is 0 Å². The SMILES string of the molecule is CC(=O)OC[C@@H](OC(C)=O)[C@H](OC(C)=O)[C@H](/C=N/Nc1nc(-c2ccccc2)nc2ccccc12)OC(C)=O. The van der Waals surface area contributed by atoms with Crippen LogP contribution in [0.1, 0.15) is 27.7 Å². The van der Waals surface area contributed by atoms with Crippen molar-refractivity contribution in [1.29, 1.82) is 0 Å². The van der Waals surface area contributed by atoms with Gasteiger partial charge in [-0.2, -0.15) is 5.10 Å². The normalized spacial score (nSPS) is 13.2. The molecular weight excluding hydrogens is 508 g/mol. The monoisotopic (exact) mass is 536 g/mol. The van der Waals surface area contributed by atoms with Gasteiger partial charge in [0.2, 0.25) is 0 Å². The zero-order valence-electron chi connectivity index (χ0n) is 21.8. The Morgan fingerprint density at radius 3 is 2.10 bits per heavy atom. The zero-order valence-corrected chi connectivity index (χ0v) is 21.8. The number of carbonyl (C=O) groups excluding carboxylic acids is 4. The van der Waals surface area contributed by atoms with Crippen LogP contribution in [0.4, 0.5) is 5.82 Å². The number of hydrazone groups is 1. The van der Waals surface area contributed by atoms with Crippen molar-refractivity contribution in [3.05, 3.63) is 54.6 Å². The third-order valence-electron chi connectivity index (χ3n) is 5.09. The van der Waals surface area contributed by atoms with Crippen molar-refractivity contribution in [2.45, 2.75) is 46.0 Å². The molecule has 1 aromatic heterocycles. The van der Waals surface area contributed by atoms with Crippen molar-refractivity contribution in [1.82, 2.24) is 9.97 Å². The van der Waals surface area contributed by atoms with E-state index in [0.29, 0.717) is 22.5 Å². The molecule has 0 aliphatic rings. The Kier molecular flexibility index (Phi) is 10.0. The number of benzene rings is 2. The molecule has 0 fully saturated rings. The molecule has 39 heavy (non-hydrogen) atoms. The molecule has 0 unspecified atom stereocenters. The maximum atomic E-state index is 11.9. The van der Waals surface area contributed by atoms with Gasteiger partial charge in [0.1, 0.15) is 6.61 Å². The lowest BCUT2D eigenvalue weighted by molar-refractivity contribution is -0.183. The van der Waals surface area contributed by atoms with Crippen LogP contribution in [0.15, 0.2) is 59.7 Å². The molecule has 2 aromatic carbocycles. The molecule has 3 rings (SSSR count). The largest absolute Gasteiger partial charge is 0.462 e. The number of ether oxygens (including phenoxy) is 4. The molecule has 1 heterocycles. The summed E-state index contributed by atoms with van der Waals surface area (Å²) in [6.07, 6.45) is -2.85. The average Bonchev–Trinajstić information content (AvgIpc) is 2.89. The van der Waals surface area contributed by atoms with E-state index in [1.165, 1.54) is 6.21 Å². The molecule has 0 bridgehead atoms. The average molecular weight is 537 g/mol. The van der Waals surface area contributed by atoms with E-state index in [1.807, 2.05) is 54.6 Å². The van der Waals surface area contributed by atoms with Crippen LogP contribution in [0.25, 0.3) is 22.3 Å². The molecule has 0 saturated heterocycles. The lowest BCUT2D eigenvalue weighted by Gasteiger charge is -2.29. The van der Waals surface area contributed by atoms with Gasteiger partial charge >= 0.3 is 23.9 Å². The van der Waals surface area contributed by atoms with Gasteiger partial charge in [-0.25, -0.2) is 9.97 Å². The first-order valence-electron chi connectivity index (χ1n) is 11.9. The van der Waals surface area contributed by atoms with Gasteiger partial charge in [-0.3, -0.25) is 24.6 Å². The van der Waals surface area contributed by atoms with E-state index >= 15 is 0 Å². The molecule has 0 amide bonds. The standard InChI is InChI=1S/C27H28N4O8/c1-16(32)36-15-24(38-18(3)34)25(39-19(4)35)23(37-17(2)33)14-28-31-27-21-12-8-9-13-22(21)29-26(30-27)20-10-6-5-7-11-20/h5-14,23-25H,15H2,1-4H3,(H,29,30,31)/b28-14+/t23-,24+,25+/m0/s1. The molecule has 0 saturated carbocycles. The second-order valence-electron chi connectivity index (χ2n) is 8.27. The Bertz CT molecular complexity index is 1360. The molecule has 3 atom stereocenters. The third-order valence-corrected chi connectivity index (χ3v) is 5.09. The quantitative estimate of drug-likeness (QED) is 0.166. The van der Waals surface area contributed by atoms with Gasteiger partial charge < -0.3 is 18.9 Å². The van der Waals surface area contributed by atoms with E-state index in [0.717, 1.165) is 33.3 Å². The Balaban J connectivity index is 1.97. The highest BCUT2D eigenvalue weighted by Crippen LogP contribution is 2.25. The van der Waals surface area contributed by atoms with Crippen molar-refractivity contribution in [3.8, 4) is 11.4 Å². The number of para-hydroxylation sites is 1. The molecular formula is C27H28N4O8. The number of nitrogens with one attached hydrogen (secondary N) is 1. The van der Waals surface area contributed by atoms with Crippen molar-refractivity contribution >= 4 is 46.8 Å². The molecule has 12 nitrogen and oxygen atoms in total. The number of rotatable bonds is 11. The van der Waals surface area contributed by atoms with Gasteiger partial charge in [0.05, 0.1) is 11.7 Å². The van der Waals surface area contributed by atoms with Crippen LogP contribution in [0, 0.1) is 0 Å². The van der Waals surface area contributed by atoms with E-state index < -0.39 is 48.8 Å². The molecule has 1 N–H and O–H groups in total. The maximum Gasteiger partial charge on any atom is 0.303 e. The van der Waals surface area contributed by atoms with Crippen molar-refractivity contribution in [2.24, 2.45) is 5.10 Å². The van der Waals surface area contributed by atoms with Gasteiger partial charge in [0.25, 0.3) is 0 Å². The maximum absolute atomic E-state index is 11.9. The van der Waals surface area contributed by atoms with Crippen LogP contribution in [-0.2, 0) is 38.1 Å². The summed E-state index contributed by atoms with van der Waals surface area (Å²) < 4.78 is 20.9. The molecule has 0 spiro atoms. The highest BCUT2D eigenvalue weighted by Gasteiger charge is 2.37. The van der Waals surface area contributed by atoms with Crippen molar-refractivity contribution in [2.75, 3.05) is 12.0 Å². The Morgan fingerprint density at radius 2 is 1.46 bits per heavy atom. The summed E-state index contributed by atoms with van der Waals surface area (Å²) in [6, 6.07) is 16.7. The molecule has 0 aliphatic carbocycles. The highest BCUT2D eigenvalue weighted by atomic mass is 16.6. The summed E-state index contributed by atoms with van der Waals surface area (Å²) in [6.45, 7) is 4.11. The fourth-order valence-electron chi connectivity index (χ4n) is 3.58. The first-order valence-corrected chi connectivity index (χ1v) is 11.9. The fraction of sp³-hybridized carbons (Fsp3) is 0.296. The summed E-state index contributed by atoms with van der Waals surface area (Å²) in [4.78, 5) is 56.1. The van der Waals surface area contributed by atoms with Crippen LogP contribution in [0.3, 0.4) is 0 Å². The molecule has 0 aliphatic heterocycles. The smallest absolute Gasteiger partial charge is 0.303 e. The van der Waals surface area contributed by atoms with Gasteiger partial charge in [-0.15, -0.1) is 0 Å². The van der Waals surface area contributed by atoms with Crippen molar-refractivity contribution < 1.29 is 38.1 Å². The first kappa shape index (κ1) is 28.7.